The van der Waals surface area contributed by atoms with Crippen LogP contribution in [0.5, 0.6) is 0 Å². The highest BCUT2D eigenvalue weighted by atomic mass is 32.1. The molecule has 0 aliphatic heterocycles. The van der Waals surface area contributed by atoms with E-state index < -0.39 is 5.97 Å². The number of hydrogen-bond acceptors (Lipinski definition) is 3. The summed E-state index contributed by atoms with van der Waals surface area (Å²) in [5.74, 6) is -1.07. The fourth-order valence-corrected chi connectivity index (χ4v) is 4.73. The zero-order valence-corrected chi connectivity index (χ0v) is 17.0. The second kappa shape index (κ2) is 7.33. The summed E-state index contributed by atoms with van der Waals surface area (Å²) < 4.78 is 0. The van der Waals surface area contributed by atoms with Crippen molar-refractivity contribution in [2.24, 2.45) is 0 Å². The summed E-state index contributed by atoms with van der Waals surface area (Å²) in [5.41, 5.74) is 5.58. The third-order valence-corrected chi connectivity index (χ3v) is 6.35. The van der Waals surface area contributed by atoms with Gasteiger partial charge in [0.2, 0.25) is 6.41 Å². The molecule has 146 valence electrons. The summed E-state index contributed by atoms with van der Waals surface area (Å²) in [6.07, 6.45) is 3.76. The Labute approximate surface area is 173 Å². The van der Waals surface area contributed by atoms with E-state index in [1.165, 1.54) is 22.1 Å². The van der Waals surface area contributed by atoms with E-state index in [-0.39, 0.29) is 11.0 Å². The van der Waals surface area contributed by atoms with E-state index in [1.54, 1.807) is 17.4 Å². The summed E-state index contributed by atoms with van der Waals surface area (Å²) in [4.78, 5) is 24.0. The van der Waals surface area contributed by atoms with Gasteiger partial charge in [0, 0.05) is 10.4 Å². The molecular formula is C24H21NO3S. The van der Waals surface area contributed by atoms with Gasteiger partial charge in [0.25, 0.3) is 0 Å². The van der Waals surface area contributed by atoms with Gasteiger partial charge in [-0.15, -0.1) is 11.3 Å². The molecule has 0 unspecified atom stereocenters. The zero-order valence-electron chi connectivity index (χ0n) is 16.2. The molecule has 0 spiro atoms. The molecule has 3 aromatic rings. The number of carbonyl (C=O) groups is 2. The number of nitrogens with one attached hydrogen (secondary N) is 1. The van der Waals surface area contributed by atoms with Gasteiger partial charge < -0.3 is 10.4 Å². The fourth-order valence-electron chi connectivity index (χ4n) is 3.95. The molecule has 0 bridgehead atoms. The van der Waals surface area contributed by atoms with Gasteiger partial charge in [0.05, 0.1) is 11.3 Å². The van der Waals surface area contributed by atoms with Gasteiger partial charge in [-0.05, 0) is 57.7 Å². The summed E-state index contributed by atoms with van der Waals surface area (Å²) in [6, 6.07) is 15.5. The number of hydrogen-bond donors (Lipinski definition) is 2. The van der Waals surface area contributed by atoms with E-state index in [0.717, 1.165) is 17.5 Å². The van der Waals surface area contributed by atoms with Crippen LogP contribution >= 0.6 is 11.3 Å². The number of carboxylic acids is 1. The molecule has 0 radical (unpaired) electrons. The minimum absolute atomic E-state index is 0.0153. The van der Waals surface area contributed by atoms with Crippen LogP contribution in [-0.2, 0) is 10.2 Å². The van der Waals surface area contributed by atoms with Crippen molar-refractivity contribution in [1.82, 2.24) is 0 Å². The van der Waals surface area contributed by atoms with Crippen molar-refractivity contribution in [3.8, 4) is 11.1 Å². The first-order valence-electron chi connectivity index (χ1n) is 9.38. The third-order valence-electron chi connectivity index (χ3n) is 5.45. The molecule has 29 heavy (non-hydrogen) atoms. The minimum atomic E-state index is -1.07. The molecule has 1 amide bonds. The summed E-state index contributed by atoms with van der Waals surface area (Å²) in [6.45, 7) is 4.47. The van der Waals surface area contributed by atoms with E-state index >= 15 is 0 Å². The maximum Gasteiger partial charge on any atom is 0.337 e. The SMILES string of the molecule is CC1(C)CC=C(c2cccs2)c2cc(-c3cccc(C(=O)O)c3NC=O)ccc21. The van der Waals surface area contributed by atoms with E-state index in [1.807, 2.05) is 18.2 Å². The zero-order chi connectivity index (χ0) is 20.6. The van der Waals surface area contributed by atoms with Crippen molar-refractivity contribution < 1.29 is 14.7 Å². The lowest BCUT2D eigenvalue weighted by Gasteiger charge is -2.32. The number of carboxylic acid groups (broad SMARTS) is 1. The molecule has 0 saturated heterocycles. The molecule has 0 fully saturated rings. The molecule has 2 aromatic carbocycles. The van der Waals surface area contributed by atoms with E-state index in [4.69, 9.17) is 0 Å². The van der Waals surface area contributed by atoms with Crippen LogP contribution in [0.2, 0.25) is 0 Å². The molecule has 1 aromatic heterocycles. The first kappa shape index (κ1) is 19.2. The lowest BCUT2D eigenvalue weighted by Crippen LogP contribution is -2.21. The third kappa shape index (κ3) is 3.38. The lowest BCUT2D eigenvalue weighted by molar-refractivity contribution is -0.105. The molecule has 1 heterocycles. The molecule has 5 heteroatoms. The molecule has 1 aliphatic rings. The number of para-hydroxylation sites is 1. The number of aromatic carboxylic acids is 1. The summed E-state index contributed by atoms with van der Waals surface area (Å²) in [7, 11) is 0. The van der Waals surface area contributed by atoms with Crippen molar-refractivity contribution in [3.63, 3.8) is 0 Å². The molecule has 0 saturated carbocycles. The Bertz CT molecular complexity index is 1130. The summed E-state index contributed by atoms with van der Waals surface area (Å²) >= 11 is 1.71. The topological polar surface area (TPSA) is 66.4 Å². The van der Waals surface area contributed by atoms with Gasteiger partial charge >= 0.3 is 5.97 Å². The monoisotopic (exact) mass is 403 g/mol. The van der Waals surface area contributed by atoms with Crippen LogP contribution < -0.4 is 5.32 Å². The first-order valence-corrected chi connectivity index (χ1v) is 10.3. The standard InChI is InChI=1S/C24H21NO3S/c1-24(2)11-10-17(21-7-4-12-29-21)19-13-15(8-9-20(19)24)16-5-3-6-18(23(27)28)22(16)25-14-26/h3-10,12-14H,11H2,1-2H3,(H,25,26)(H,27,28). The van der Waals surface area contributed by atoms with Crippen LogP contribution in [0, 0.1) is 0 Å². The average molecular weight is 404 g/mol. The van der Waals surface area contributed by atoms with Crippen molar-refractivity contribution in [2.45, 2.75) is 25.7 Å². The first-order chi connectivity index (χ1) is 13.9. The van der Waals surface area contributed by atoms with Crippen LogP contribution in [0.15, 0.2) is 60.0 Å². The quantitative estimate of drug-likeness (QED) is 0.530. The van der Waals surface area contributed by atoms with E-state index in [2.05, 4.69) is 48.8 Å². The Hall–Kier alpha value is -3.18. The van der Waals surface area contributed by atoms with Gasteiger partial charge in [-0.25, -0.2) is 4.79 Å². The number of carbonyl (C=O) groups excluding carboxylic acids is 1. The van der Waals surface area contributed by atoms with Crippen LogP contribution in [0.3, 0.4) is 0 Å². The van der Waals surface area contributed by atoms with E-state index in [0.29, 0.717) is 17.7 Å². The smallest absolute Gasteiger partial charge is 0.337 e. The lowest BCUT2D eigenvalue weighted by atomic mass is 9.72. The molecular weight excluding hydrogens is 382 g/mol. The Morgan fingerprint density at radius 1 is 1.14 bits per heavy atom. The van der Waals surface area contributed by atoms with Gasteiger partial charge in [-0.2, -0.15) is 0 Å². The molecule has 4 nitrogen and oxygen atoms in total. The maximum atomic E-state index is 11.6. The summed E-state index contributed by atoms with van der Waals surface area (Å²) in [5, 5.41) is 14.2. The Morgan fingerprint density at radius 2 is 1.97 bits per heavy atom. The van der Waals surface area contributed by atoms with Crippen molar-refractivity contribution in [3.05, 3.63) is 81.6 Å². The van der Waals surface area contributed by atoms with Crippen LogP contribution in [0.4, 0.5) is 5.69 Å². The second-order valence-corrected chi connectivity index (χ2v) is 8.69. The Balaban J connectivity index is 1.93. The number of allylic oxidation sites excluding steroid dienone is 1. The molecule has 4 rings (SSSR count). The van der Waals surface area contributed by atoms with E-state index in [9.17, 15) is 14.7 Å². The second-order valence-electron chi connectivity index (χ2n) is 7.74. The van der Waals surface area contributed by atoms with Gasteiger partial charge in [-0.3, -0.25) is 4.79 Å². The Morgan fingerprint density at radius 3 is 2.66 bits per heavy atom. The maximum absolute atomic E-state index is 11.6. The predicted octanol–water partition coefficient (Wildman–Crippen LogP) is 5.79. The Kier molecular flexibility index (Phi) is 4.84. The number of thiophene rings is 1. The van der Waals surface area contributed by atoms with Crippen LogP contribution in [0.25, 0.3) is 16.7 Å². The van der Waals surface area contributed by atoms with Crippen molar-refractivity contribution >= 4 is 35.0 Å². The van der Waals surface area contributed by atoms with Gasteiger partial charge in [0.1, 0.15) is 0 Å². The number of amides is 1. The number of benzene rings is 2. The molecule has 2 N–H and O–H groups in total. The number of fused-ring (bicyclic) bond motifs is 1. The molecule has 0 atom stereocenters. The highest BCUT2D eigenvalue weighted by molar-refractivity contribution is 7.11. The minimum Gasteiger partial charge on any atom is -0.478 e. The van der Waals surface area contributed by atoms with Crippen molar-refractivity contribution in [2.75, 3.05) is 5.32 Å². The van der Waals surface area contributed by atoms with Gasteiger partial charge in [0.15, 0.2) is 0 Å². The fraction of sp³-hybridized carbons (Fsp3) is 0.167. The van der Waals surface area contributed by atoms with Crippen LogP contribution in [-0.4, -0.2) is 17.5 Å². The molecule has 1 aliphatic carbocycles. The highest BCUT2D eigenvalue weighted by Crippen LogP contribution is 2.44. The average Bonchev–Trinajstić information content (AvgIpc) is 3.22. The largest absolute Gasteiger partial charge is 0.478 e. The normalized spacial score (nSPS) is 14.6. The van der Waals surface area contributed by atoms with Crippen molar-refractivity contribution in [1.29, 1.82) is 0 Å². The van der Waals surface area contributed by atoms with Gasteiger partial charge in [-0.1, -0.05) is 50.3 Å². The number of rotatable bonds is 5. The predicted molar refractivity (Wildman–Crippen MR) is 118 cm³/mol. The number of anilines is 1. The van der Waals surface area contributed by atoms with Crippen LogP contribution in [0.1, 0.15) is 46.6 Å². The highest BCUT2D eigenvalue weighted by Gasteiger charge is 2.29.